The van der Waals surface area contributed by atoms with Crippen LogP contribution in [0.15, 0.2) is 65.6 Å². The number of benzene rings is 2. The Morgan fingerprint density at radius 3 is 2.61 bits per heavy atom. The van der Waals surface area contributed by atoms with Crippen molar-refractivity contribution < 1.29 is 14.3 Å². The van der Waals surface area contributed by atoms with E-state index in [1.165, 1.54) is 11.1 Å². The molecule has 8 heteroatoms. The van der Waals surface area contributed by atoms with E-state index in [4.69, 9.17) is 0 Å². The van der Waals surface area contributed by atoms with Gasteiger partial charge in [0.1, 0.15) is 5.82 Å². The third-order valence-corrected chi connectivity index (χ3v) is 9.03. The van der Waals surface area contributed by atoms with E-state index in [1.807, 2.05) is 39.8 Å². The highest BCUT2D eigenvalue weighted by molar-refractivity contribution is 7.08. The normalized spacial score (nSPS) is 20.9. The Hall–Kier alpha value is -3.07. The van der Waals surface area contributed by atoms with E-state index in [-0.39, 0.29) is 18.3 Å². The molecule has 4 heterocycles. The van der Waals surface area contributed by atoms with Crippen LogP contribution in [0.2, 0.25) is 0 Å². The standard InChI is InChI=1S/C30H33FN4O2S/c31-25-6-4-21(5-7-25)22-8-11-33(12-9-22)16-24-17-35(18-27(24)23-10-15-38-19-23)30(37)26-2-1-3-28-29(26)34(13-14-36)20-32-28/h1-7,10,15,19-20,22,24,27,36H,8-9,11-14,16-18H2. The number of halogens is 1. The van der Waals surface area contributed by atoms with Crippen LogP contribution in [-0.2, 0) is 6.54 Å². The van der Waals surface area contributed by atoms with Crippen molar-refractivity contribution in [1.29, 1.82) is 0 Å². The molecule has 38 heavy (non-hydrogen) atoms. The lowest BCUT2D eigenvalue weighted by Crippen LogP contribution is -2.38. The van der Waals surface area contributed by atoms with Gasteiger partial charge in [0.25, 0.3) is 5.91 Å². The lowest BCUT2D eigenvalue weighted by molar-refractivity contribution is 0.0782. The molecule has 6 rings (SSSR count). The summed E-state index contributed by atoms with van der Waals surface area (Å²) in [6.45, 7) is 4.84. The first-order chi connectivity index (χ1) is 18.6. The van der Waals surface area contributed by atoms with Crippen molar-refractivity contribution in [2.24, 2.45) is 5.92 Å². The fraction of sp³-hybridized carbons (Fsp3) is 0.400. The largest absolute Gasteiger partial charge is 0.395 e. The Balaban J connectivity index is 1.18. The van der Waals surface area contributed by atoms with Crippen LogP contribution in [0.3, 0.4) is 0 Å². The number of hydrogen-bond acceptors (Lipinski definition) is 5. The smallest absolute Gasteiger partial charge is 0.256 e. The van der Waals surface area contributed by atoms with Crippen molar-refractivity contribution in [2.75, 3.05) is 39.3 Å². The van der Waals surface area contributed by atoms with Crippen molar-refractivity contribution in [3.8, 4) is 0 Å². The Labute approximate surface area is 226 Å². The molecule has 0 spiro atoms. The van der Waals surface area contributed by atoms with Gasteiger partial charge in [-0.25, -0.2) is 9.37 Å². The molecule has 2 fully saturated rings. The van der Waals surface area contributed by atoms with E-state index in [9.17, 15) is 14.3 Å². The van der Waals surface area contributed by atoms with Crippen molar-refractivity contribution >= 4 is 28.3 Å². The monoisotopic (exact) mass is 532 g/mol. The number of aliphatic hydroxyl groups is 1. The molecule has 2 unspecified atom stereocenters. The molecule has 2 saturated heterocycles. The summed E-state index contributed by atoms with van der Waals surface area (Å²) in [5.41, 5.74) is 4.77. The molecular formula is C30H33FN4O2S. The van der Waals surface area contributed by atoms with Gasteiger partial charge >= 0.3 is 0 Å². The number of nitrogens with zero attached hydrogens (tertiary/aromatic N) is 4. The first-order valence-corrected chi connectivity index (χ1v) is 14.4. The summed E-state index contributed by atoms with van der Waals surface area (Å²) in [4.78, 5) is 22.9. The second-order valence-corrected chi connectivity index (χ2v) is 11.4. The highest BCUT2D eigenvalue weighted by atomic mass is 32.1. The number of aromatic nitrogens is 2. The Bertz CT molecular complexity index is 1380. The maximum Gasteiger partial charge on any atom is 0.256 e. The maximum atomic E-state index is 13.9. The van der Waals surface area contributed by atoms with Crippen LogP contribution in [0.25, 0.3) is 11.0 Å². The predicted octanol–water partition coefficient (Wildman–Crippen LogP) is 4.96. The predicted molar refractivity (Wildman–Crippen MR) is 148 cm³/mol. The molecule has 1 N–H and O–H groups in total. The number of imidazole rings is 1. The van der Waals surface area contributed by atoms with Crippen LogP contribution in [-0.4, -0.2) is 69.7 Å². The van der Waals surface area contributed by atoms with Crippen LogP contribution in [0.5, 0.6) is 0 Å². The summed E-state index contributed by atoms with van der Waals surface area (Å²) in [7, 11) is 0. The molecule has 2 atom stereocenters. The molecule has 198 valence electrons. The topological polar surface area (TPSA) is 61.6 Å². The molecule has 6 nitrogen and oxygen atoms in total. The number of carbonyl (C=O) groups excluding carboxylic acids is 1. The first kappa shape index (κ1) is 25.2. The summed E-state index contributed by atoms with van der Waals surface area (Å²) in [5, 5.41) is 13.8. The number of fused-ring (bicyclic) bond motifs is 1. The van der Waals surface area contributed by atoms with E-state index in [0.717, 1.165) is 50.1 Å². The van der Waals surface area contributed by atoms with Crippen LogP contribution in [0.4, 0.5) is 4.39 Å². The lowest BCUT2D eigenvalue weighted by atomic mass is 9.87. The average molecular weight is 533 g/mol. The van der Waals surface area contributed by atoms with Crippen LogP contribution in [0, 0.1) is 11.7 Å². The minimum atomic E-state index is -0.180. The zero-order valence-corrected chi connectivity index (χ0v) is 22.2. The Kier molecular flexibility index (Phi) is 7.28. The quantitative estimate of drug-likeness (QED) is 0.365. The lowest BCUT2D eigenvalue weighted by Gasteiger charge is -2.34. The van der Waals surface area contributed by atoms with Gasteiger partial charge in [0, 0.05) is 32.1 Å². The van der Waals surface area contributed by atoms with Gasteiger partial charge < -0.3 is 19.5 Å². The molecule has 2 aliphatic heterocycles. The molecule has 0 saturated carbocycles. The van der Waals surface area contributed by atoms with Crippen LogP contribution < -0.4 is 0 Å². The third kappa shape index (κ3) is 5.00. The molecule has 2 aromatic heterocycles. The zero-order valence-electron chi connectivity index (χ0n) is 21.4. The molecule has 0 bridgehead atoms. The number of aliphatic hydroxyl groups excluding tert-OH is 1. The van der Waals surface area contributed by atoms with E-state index >= 15 is 0 Å². The van der Waals surface area contributed by atoms with Gasteiger partial charge in [0.05, 0.1) is 29.5 Å². The van der Waals surface area contributed by atoms with Crippen molar-refractivity contribution in [2.45, 2.75) is 31.2 Å². The van der Waals surface area contributed by atoms with Gasteiger partial charge in [-0.1, -0.05) is 18.2 Å². The maximum absolute atomic E-state index is 13.9. The highest BCUT2D eigenvalue weighted by Gasteiger charge is 2.38. The van der Waals surface area contributed by atoms with Crippen molar-refractivity contribution in [3.63, 3.8) is 0 Å². The number of hydrogen-bond donors (Lipinski definition) is 1. The van der Waals surface area contributed by atoms with Gasteiger partial charge in [-0.3, -0.25) is 4.79 Å². The number of rotatable bonds is 7. The molecule has 2 aliphatic rings. The summed E-state index contributed by atoms with van der Waals surface area (Å²) < 4.78 is 15.2. The summed E-state index contributed by atoms with van der Waals surface area (Å²) in [5.74, 6) is 0.998. The summed E-state index contributed by atoms with van der Waals surface area (Å²) >= 11 is 1.71. The van der Waals surface area contributed by atoms with Gasteiger partial charge in [0.15, 0.2) is 0 Å². The van der Waals surface area contributed by atoms with Gasteiger partial charge in [-0.15, -0.1) is 0 Å². The number of carbonyl (C=O) groups is 1. The Morgan fingerprint density at radius 2 is 1.87 bits per heavy atom. The fourth-order valence-corrected chi connectivity index (χ4v) is 7.07. The minimum absolute atomic E-state index is 0.00213. The molecule has 0 aliphatic carbocycles. The molecular weight excluding hydrogens is 499 g/mol. The summed E-state index contributed by atoms with van der Waals surface area (Å²) in [6, 6.07) is 14.9. The van der Waals surface area contributed by atoms with Gasteiger partial charge in [-0.2, -0.15) is 11.3 Å². The number of thiophene rings is 1. The summed E-state index contributed by atoms with van der Waals surface area (Å²) in [6.07, 6.45) is 3.84. The number of amides is 1. The SMILES string of the molecule is O=C(c1cccc2ncn(CCO)c12)N1CC(CN2CCC(c3ccc(F)cc3)CC2)C(c2ccsc2)C1. The second-order valence-electron chi connectivity index (χ2n) is 10.6. The molecule has 2 aromatic carbocycles. The first-order valence-electron chi connectivity index (χ1n) is 13.4. The van der Waals surface area contributed by atoms with Gasteiger partial charge in [-0.05, 0) is 90.0 Å². The zero-order chi connectivity index (χ0) is 26.1. The third-order valence-electron chi connectivity index (χ3n) is 8.33. The number of likely N-dealkylation sites (tertiary alicyclic amines) is 2. The molecule has 0 radical (unpaired) electrons. The van der Waals surface area contributed by atoms with Crippen LogP contribution in [0.1, 0.15) is 46.2 Å². The highest BCUT2D eigenvalue weighted by Crippen LogP contribution is 2.37. The number of para-hydroxylation sites is 1. The Morgan fingerprint density at radius 1 is 1.05 bits per heavy atom. The van der Waals surface area contributed by atoms with Crippen molar-refractivity contribution in [1.82, 2.24) is 19.4 Å². The average Bonchev–Trinajstić information content (AvgIpc) is 3.70. The molecule has 1 amide bonds. The van der Waals surface area contributed by atoms with Gasteiger partial charge in [0.2, 0.25) is 0 Å². The molecule has 4 aromatic rings. The second kappa shape index (κ2) is 11.0. The van der Waals surface area contributed by atoms with E-state index in [2.05, 4.69) is 26.7 Å². The van der Waals surface area contributed by atoms with E-state index < -0.39 is 0 Å². The number of piperidine rings is 1. The van der Waals surface area contributed by atoms with E-state index in [0.29, 0.717) is 36.4 Å². The fourth-order valence-electron chi connectivity index (χ4n) is 6.35. The van der Waals surface area contributed by atoms with Crippen LogP contribution >= 0.6 is 11.3 Å². The van der Waals surface area contributed by atoms with Crippen molar-refractivity contribution in [3.05, 3.63) is 88.1 Å². The minimum Gasteiger partial charge on any atom is -0.395 e. The van der Waals surface area contributed by atoms with E-state index in [1.54, 1.807) is 29.8 Å².